The Morgan fingerprint density at radius 3 is 2.25 bits per heavy atom. The minimum Gasteiger partial charge on any atom is -0.368 e. The maximum atomic E-state index is 12.8. The van der Waals surface area contributed by atoms with Crippen molar-refractivity contribution < 1.29 is 18.0 Å². The van der Waals surface area contributed by atoms with Crippen LogP contribution in [0.15, 0.2) is 64.9 Å². The summed E-state index contributed by atoms with van der Waals surface area (Å²) in [5, 5.41) is 1.72. The van der Waals surface area contributed by atoms with Gasteiger partial charge in [0.1, 0.15) is 5.69 Å². The van der Waals surface area contributed by atoms with Crippen LogP contribution in [0.2, 0.25) is 0 Å². The van der Waals surface area contributed by atoms with E-state index >= 15 is 0 Å². The maximum Gasteiger partial charge on any atom is 0.273 e. The number of nitrogens with zero attached hydrogens (tertiary/aromatic N) is 3. The van der Waals surface area contributed by atoms with Crippen molar-refractivity contribution in [2.45, 2.75) is 11.8 Å². The molecule has 1 saturated heterocycles. The molecule has 0 saturated carbocycles. The number of aromatic nitrogens is 1. The highest BCUT2D eigenvalue weighted by atomic mass is 32.2. The molecule has 0 bridgehead atoms. The molecule has 1 aliphatic rings. The van der Waals surface area contributed by atoms with Crippen molar-refractivity contribution in [3.8, 4) is 0 Å². The summed E-state index contributed by atoms with van der Waals surface area (Å²) in [6.45, 7) is 3.90. The normalized spacial score (nSPS) is 14.3. The molecule has 8 nitrogen and oxygen atoms in total. The number of hydrogen-bond acceptors (Lipinski definition) is 7. The summed E-state index contributed by atoms with van der Waals surface area (Å²) < 4.78 is 27.3. The Morgan fingerprint density at radius 2 is 1.62 bits per heavy atom. The quantitative estimate of drug-likeness (QED) is 0.556. The van der Waals surface area contributed by atoms with Gasteiger partial charge in [0.2, 0.25) is 0 Å². The first-order chi connectivity index (χ1) is 15.3. The molecule has 1 aromatic heterocycles. The number of sulfonamides is 1. The SMILES string of the molecule is CC(=O)c1ccc(N2CCN(C(=O)c3csc(NS(=O)(=O)c4ccccc4)n3)CC2)cc1. The first-order valence-corrected chi connectivity index (χ1v) is 12.4. The van der Waals surface area contributed by atoms with Crippen LogP contribution < -0.4 is 9.62 Å². The van der Waals surface area contributed by atoms with Crippen molar-refractivity contribution >= 4 is 43.9 Å². The Kier molecular flexibility index (Phi) is 6.24. The lowest BCUT2D eigenvalue weighted by atomic mass is 10.1. The number of benzene rings is 2. The van der Waals surface area contributed by atoms with Crippen molar-refractivity contribution in [3.05, 3.63) is 71.2 Å². The summed E-state index contributed by atoms with van der Waals surface area (Å²) in [6.07, 6.45) is 0. The third kappa shape index (κ3) is 4.81. The number of carbonyl (C=O) groups excluding carboxylic acids is 2. The molecule has 2 aromatic carbocycles. The lowest BCUT2D eigenvalue weighted by Crippen LogP contribution is -2.48. The summed E-state index contributed by atoms with van der Waals surface area (Å²) >= 11 is 1.08. The van der Waals surface area contributed by atoms with Gasteiger partial charge < -0.3 is 9.80 Å². The Hall–Kier alpha value is -3.24. The van der Waals surface area contributed by atoms with E-state index in [1.807, 2.05) is 24.3 Å². The van der Waals surface area contributed by atoms with E-state index in [9.17, 15) is 18.0 Å². The van der Waals surface area contributed by atoms with Crippen LogP contribution in [-0.2, 0) is 10.0 Å². The number of ketones is 1. The number of rotatable bonds is 6. The lowest BCUT2D eigenvalue weighted by Gasteiger charge is -2.35. The maximum absolute atomic E-state index is 12.8. The molecule has 0 aliphatic carbocycles. The molecule has 166 valence electrons. The molecule has 32 heavy (non-hydrogen) atoms. The van der Waals surface area contributed by atoms with Crippen LogP contribution in [0.1, 0.15) is 27.8 Å². The average molecular weight is 471 g/mol. The highest BCUT2D eigenvalue weighted by Crippen LogP contribution is 2.22. The van der Waals surface area contributed by atoms with Crippen molar-refractivity contribution in [3.63, 3.8) is 0 Å². The fourth-order valence-electron chi connectivity index (χ4n) is 3.43. The molecule has 1 amide bonds. The van der Waals surface area contributed by atoms with Crippen molar-refractivity contribution in [2.75, 3.05) is 35.8 Å². The minimum atomic E-state index is -3.75. The van der Waals surface area contributed by atoms with E-state index < -0.39 is 10.0 Å². The van der Waals surface area contributed by atoms with Crippen molar-refractivity contribution in [1.82, 2.24) is 9.88 Å². The fraction of sp³-hybridized carbons (Fsp3) is 0.227. The summed E-state index contributed by atoms with van der Waals surface area (Å²) in [5.41, 5.74) is 1.90. The van der Waals surface area contributed by atoms with Gasteiger partial charge in [-0.1, -0.05) is 18.2 Å². The van der Waals surface area contributed by atoms with Crippen molar-refractivity contribution in [2.24, 2.45) is 0 Å². The summed E-state index contributed by atoms with van der Waals surface area (Å²) in [5.74, 6) is -0.196. The second-order valence-electron chi connectivity index (χ2n) is 7.34. The van der Waals surface area contributed by atoms with Gasteiger partial charge in [-0.2, -0.15) is 0 Å². The van der Waals surface area contributed by atoms with Gasteiger partial charge in [-0.15, -0.1) is 11.3 Å². The molecular weight excluding hydrogens is 448 g/mol. The van der Waals surface area contributed by atoms with Crippen LogP contribution in [0.4, 0.5) is 10.8 Å². The van der Waals surface area contributed by atoms with Crippen molar-refractivity contribution in [1.29, 1.82) is 0 Å². The zero-order valence-electron chi connectivity index (χ0n) is 17.4. The van der Waals surface area contributed by atoms with Gasteiger partial charge in [0.05, 0.1) is 4.90 Å². The molecule has 0 unspecified atom stereocenters. The highest BCUT2D eigenvalue weighted by Gasteiger charge is 2.25. The standard InChI is InChI=1S/C22H22N4O4S2/c1-16(27)17-7-9-18(10-8-17)25-11-13-26(14-12-25)21(28)20-15-31-22(23-20)24-32(29,30)19-5-3-2-4-6-19/h2-10,15H,11-14H2,1H3,(H,23,24). The largest absolute Gasteiger partial charge is 0.368 e. The molecular formula is C22H22N4O4S2. The van der Waals surface area contributed by atoms with E-state index in [1.165, 1.54) is 19.1 Å². The number of nitrogens with one attached hydrogen (secondary N) is 1. The van der Waals surface area contributed by atoms with Crippen LogP contribution in [0, 0.1) is 0 Å². The zero-order chi connectivity index (χ0) is 22.7. The summed E-state index contributed by atoms with van der Waals surface area (Å²) in [4.78, 5) is 32.5. The van der Waals surface area contributed by atoms with Gasteiger partial charge in [0.25, 0.3) is 15.9 Å². The monoisotopic (exact) mass is 470 g/mol. The second-order valence-corrected chi connectivity index (χ2v) is 9.88. The smallest absolute Gasteiger partial charge is 0.273 e. The van der Waals surface area contributed by atoms with Gasteiger partial charge in [-0.05, 0) is 43.3 Å². The van der Waals surface area contributed by atoms with Gasteiger partial charge in [-0.3, -0.25) is 14.3 Å². The van der Waals surface area contributed by atoms with Crippen LogP contribution in [0.25, 0.3) is 0 Å². The number of hydrogen-bond donors (Lipinski definition) is 1. The predicted molar refractivity (Wildman–Crippen MR) is 124 cm³/mol. The average Bonchev–Trinajstić information content (AvgIpc) is 3.27. The zero-order valence-corrected chi connectivity index (χ0v) is 19.0. The molecule has 0 radical (unpaired) electrons. The number of thiazole rings is 1. The Bertz CT molecular complexity index is 1220. The molecule has 2 heterocycles. The topological polar surface area (TPSA) is 99.7 Å². The summed E-state index contributed by atoms with van der Waals surface area (Å²) in [6, 6.07) is 15.5. The second kappa shape index (κ2) is 9.09. The van der Waals surface area contributed by atoms with Crippen LogP contribution in [-0.4, -0.2) is 56.2 Å². The lowest BCUT2D eigenvalue weighted by molar-refractivity contribution is 0.0741. The van der Waals surface area contributed by atoms with Crippen LogP contribution in [0.5, 0.6) is 0 Å². The highest BCUT2D eigenvalue weighted by molar-refractivity contribution is 7.93. The van der Waals surface area contributed by atoms with E-state index in [1.54, 1.807) is 28.5 Å². The molecule has 10 heteroatoms. The van der Waals surface area contributed by atoms with E-state index in [0.717, 1.165) is 17.0 Å². The van der Waals surface area contributed by atoms with Gasteiger partial charge >= 0.3 is 0 Å². The summed E-state index contributed by atoms with van der Waals surface area (Å²) in [7, 11) is -3.75. The number of piperazine rings is 1. The van der Waals surface area contributed by atoms with E-state index in [-0.39, 0.29) is 27.4 Å². The van der Waals surface area contributed by atoms with Gasteiger partial charge in [-0.25, -0.2) is 13.4 Å². The molecule has 4 rings (SSSR count). The fourth-order valence-corrected chi connectivity index (χ4v) is 5.39. The number of Topliss-reactive ketones (excluding diaryl/α,β-unsaturated/α-hetero) is 1. The third-order valence-electron chi connectivity index (χ3n) is 5.20. The Morgan fingerprint density at radius 1 is 0.969 bits per heavy atom. The first kappa shape index (κ1) is 22.0. The molecule has 1 N–H and O–H groups in total. The minimum absolute atomic E-state index is 0.0284. The number of anilines is 2. The number of amides is 1. The van der Waals surface area contributed by atoms with Gasteiger partial charge in [0, 0.05) is 42.8 Å². The van der Waals surface area contributed by atoms with Crippen LogP contribution >= 0.6 is 11.3 Å². The Balaban J connectivity index is 1.37. The predicted octanol–water partition coefficient (Wildman–Crippen LogP) is 3.11. The molecule has 0 atom stereocenters. The van der Waals surface area contributed by atoms with E-state index in [4.69, 9.17) is 0 Å². The van der Waals surface area contributed by atoms with E-state index in [2.05, 4.69) is 14.6 Å². The molecule has 1 aliphatic heterocycles. The number of carbonyl (C=O) groups is 2. The van der Waals surface area contributed by atoms with Gasteiger partial charge in [0.15, 0.2) is 10.9 Å². The third-order valence-corrected chi connectivity index (χ3v) is 7.45. The van der Waals surface area contributed by atoms with Crippen LogP contribution in [0.3, 0.4) is 0 Å². The first-order valence-electron chi connectivity index (χ1n) is 10.0. The van der Waals surface area contributed by atoms with E-state index in [0.29, 0.717) is 31.7 Å². The molecule has 3 aromatic rings. The Labute approximate surface area is 190 Å². The molecule has 1 fully saturated rings. The molecule has 0 spiro atoms.